The van der Waals surface area contributed by atoms with Crippen molar-refractivity contribution in [2.24, 2.45) is 0 Å². The predicted molar refractivity (Wildman–Crippen MR) is 169 cm³/mol. The van der Waals surface area contributed by atoms with Gasteiger partial charge in [0.2, 0.25) is 0 Å². The molecule has 1 heterocycles. The molecule has 2 atom stereocenters. The fraction of sp³-hybridized carbons (Fsp3) is 0.500. The molecular weight excluding hydrogens is 508 g/mol. The average molecular weight is 557 g/mol. The molecule has 3 aromatic carbocycles. The van der Waals surface area contributed by atoms with Crippen molar-refractivity contribution in [3.8, 4) is 17.2 Å². The number of hydrogen-bond acceptors (Lipinski definition) is 5. The number of benzene rings is 3. The SMILES string of the molecule is COc1ccc2c(c1)CCC(c1ccc(OC)cc1NC(C)CCc1ccc(OCCN3CCCCCC3)cc1)C2. The van der Waals surface area contributed by atoms with Gasteiger partial charge in [0.05, 0.1) is 14.2 Å². The molecule has 3 aromatic rings. The van der Waals surface area contributed by atoms with Crippen molar-refractivity contribution in [3.05, 3.63) is 82.9 Å². The molecule has 0 saturated carbocycles. The van der Waals surface area contributed by atoms with Crippen LogP contribution in [0.15, 0.2) is 60.7 Å². The van der Waals surface area contributed by atoms with Gasteiger partial charge in [0.1, 0.15) is 23.9 Å². The zero-order valence-corrected chi connectivity index (χ0v) is 25.3. The van der Waals surface area contributed by atoms with Gasteiger partial charge in [0.25, 0.3) is 0 Å². The van der Waals surface area contributed by atoms with Crippen molar-refractivity contribution in [1.29, 1.82) is 0 Å². The van der Waals surface area contributed by atoms with E-state index in [1.165, 1.54) is 66.7 Å². The van der Waals surface area contributed by atoms with Gasteiger partial charge in [-0.05, 0) is 123 Å². The van der Waals surface area contributed by atoms with Crippen LogP contribution in [0.5, 0.6) is 17.2 Å². The molecule has 1 aliphatic carbocycles. The number of rotatable bonds is 12. The highest BCUT2D eigenvalue weighted by Crippen LogP contribution is 2.39. The lowest BCUT2D eigenvalue weighted by Gasteiger charge is -2.28. The van der Waals surface area contributed by atoms with Crippen molar-refractivity contribution >= 4 is 5.69 Å². The van der Waals surface area contributed by atoms with Gasteiger partial charge in [0.15, 0.2) is 0 Å². The van der Waals surface area contributed by atoms with Crippen molar-refractivity contribution in [1.82, 2.24) is 4.90 Å². The first-order valence-corrected chi connectivity index (χ1v) is 15.7. The van der Waals surface area contributed by atoms with Gasteiger partial charge in [-0.3, -0.25) is 4.90 Å². The Hall–Kier alpha value is -3.18. The third kappa shape index (κ3) is 8.19. The van der Waals surface area contributed by atoms with Gasteiger partial charge in [0, 0.05) is 24.3 Å². The van der Waals surface area contributed by atoms with Crippen LogP contribution in [0.25, 0.3) is 0 Å². The van der Waals surface area contributed by atoms with Gasteiger partial charge in [-0.25, -0.2) is 0 Å². The third-order valence-corrected chi connectivity index (χ3v) is 8.91. The Bertz CT molecular complexity index is 1230. The summed E-state index contributed by atoms with van der Waals surface area (Å²) < 4.78 is 17.1. The average Bonchev–Trinajstić information content (AvgIpc) is 3.29. The topological polar surface area (TPSA) is 43.0 Å². The molecule has 5 heteroatoms. The molecule has 1 N–H and O–H groups in total. The molecule has 0 spiro atoms. The van der Waals surface area contributed by atoms with Crippen LogP contribution in [0.4, 0.5) is 5.69 Å². The van der Waals surface area contributed by atoms with Gasteiger partial charge < -0.3 is 19.5 Å². The monoisotopic (exact) mass is 556 g/mol. The van der Waals surface area contributed by atoms with E-state index in [1.807, 2.05) is 0 Å². The zero-order chi connectivity index (χ0) is 28.4. The molecule has 41 heavy (non-hydrogen) atoms. The maximum absolute atomic E-state index is 6.06. The molecule has 1 aliphatic heterocycles. The molecule has 2 aliphatic rings. The number of nitrogens with zero attached hydrogens (tertiary/aromatic N) is 1. The maximum Gasteiger partial charge on any atom is 0.120 e. The second-order valence-electron chi connectivity index (χ2n) is 11.9. The van der Waals surface area contributed by atoms with Crippen LogP contribution < -0.4 is 19.5 Å². The summed E-state index contributed by atoms with van der Waals surface area (Å²) in [4.78, 5) is 2.55. The van der Waals surface area contributed by atoms with Crippen molar-refractivity contribution in [3.63, 3.8) is 0 Å². The van der Waals surface area contributed by atoms with E-state index in [0.717, 1.165) is 62.5 Å². The largest absolute Gasteiger partial charge is 0.497 e. The molecular formula is C36H48N2O3. The van der Waals surface area contributed by atoms with Gasteiger partial charge in [-0.15, -0.1) is 0 Å². The zero-order valence-electron chi connectivity index (χ0n) is 25.3. The summed E-state index contributed by atoms with van der Waals surface area (Å²) in [6.07, 6.45) is 10.8. The molecule has 1 saturated heterocycles. The van der Waals surface area contributed by atoms with Crippen LogP contribution in [0.1, 0.15) is 73.6 Å². The number of aryl methyl sites for hydroxylation is 2. The molecule has 0 amide bonds. The van der Waals surface area contributed by atoms with Crippen LogP contribution >= 0.6 is 0 Å². The summed E-state index contributed by atoms with van der Waals surface area (Å²) >= 11 is 0. The number of fused-ring (bicyclic) bond motifs is 1. The quantitative estimate of drug-likeness (QED) is 0.248. The molecule has 0 bridgehead atoms. The first kappa shape index (κ1) is 29.3. The van der Waals surface area contributed by atoms with Crippen molar-refractivity contribution in [2.45, 2.75) is 76.7 Å². The number of ether oxygens (including phenoxy) is 3. The fourth-order valence-corrected chi connectivity index (χ4v) is 6.39. The Balaban J connectivity index is 1.14. The minimum absolute atomic E-state index is 0.338. The molecule has 1 fully saturated rings. The molecule has 2 unspecified atom stereocenters. The minimum Gasteiger partial charge on any atom is -0.497 e. The van der Waals surface area contributed by atoms with Crippen molar-refractivity contribution in [2.75, 3.05) is 45.8 Å². The predicted octanol–water partition coefficient (Wildman–Crippen LogP) is 7.66. The van der Waals surface area contributed by atoms with E-state index in [0.29, 0.717) is 12.0 Å². The molecule has 220 valence electrons. The Labute approximate surface area is 247 Å². The number of nitrogens with one attached hydrogen (secondary N) is 1. The van der Waals surface area contributed by atoms with E-state index in [4.69, 9.17) is 14.2 Å². The Kier molecular flexibility index (Phi) is 10.5. The van der Waals surface area contributed by atoms with E-state index in [-0.39, 0.29) is 0 Å². The fourth-order valence-electron chi connectivity index (χ4n) is 6.39. The number of anilines is 1. The summed E-state index contributed by atoms with van der Waals surface area (Å²) in [5.74, 6) is 3.32. The molecule has 5 rings (SSSR count). The number of likely N-dealkylation sites (tertiary alicyclic amines) is 1. The standard InChI is InChI=1S/C36H48N2O3/c1-27(8-9-28-10-15-32(16-11-28)41-23-22-38-20-6-4-5-7-21-38)37-36-26-34(40-3)18-19-35(36)31-13-12-30-25-33(39-2)17-14-29(30)24-31/h10-11,14-19,25-27,31,37H,4-9,12-13,20-24H2,1-3H3. The Morgan fingerprint density at radius 1 is 0.829 bits per heavy atom. The summed E-state index contributed by atoms with van der Waals surface area (Å²) in [5, 5.41) is 3.84. The van der Waals surface area contributed by atoms with E-state index < -0.39 is 0 Å². The van der Waals surface area contributed by atoms with E-state index in [2.05, 4.69) is 77.8 Å². The summed E-state index contributed by atoms with van der Waals surface area (Å²) in [6.45, 7) is 6.52. The third-order valence-electron chi connectivity index (χ3n) is 8.91. The van der Waals surface area contributed by atoms with Crippen LogP contribution in [0, 0.1) is 0 Å². The van der Waals surface area contributed by atoms with Crippen LogP contribution in [0.2, 0.25) is 0 Å². The van der Waals surface area contributed by atoms with E-state index in [9.17, 15) is 0 Å². The lowest BCUT2D eigenvalue weighted by atomic mass is 9.79. The molecule has 0 aromatic heterocycles. The minimum atomic E-state index is 0.338. The second-order valence-corrected chi connectivity index (χ2v) is 11.9. The normalized spacial score (nSPS) is 18.2. The van der Waals surface area contributed by atoms with Gasteiger partial charge >= 0.3 is 0 Å². The first-order chi connectivity index (χ1) is 20.1. The molecule has 0 radical (unpaired) electrons. The van der Waals surface area contributed by atoms with Crippen LogP contribution in [-0.2, 0) is 19.3 Å². The van der Waals surface area contributed by atoms with Gasteiger partial charge in [-0.2, -0.15) is 0 Å². The van der Waals surface area contributed by atoms with Crippen LogP contribution in [-0.4, -0.2) is 51.4 Å². The number of hydrogen-bond donors (Lipinski definition) is 1. The van der Waals surface area contributed by atoms with E-state index in [1.54, 1.807) is 14.2 Å². The lowest BCUT2D eigenvalue weighted by molar-refractivity contribution is 0.214. The van der Waals surface area contributed by atoms with Crippen molar-refractivity contribution < 1.29 is 14.2 Å². The summed E-state index contributed by atoms with van der Waals surface area (Å²) in [5.41, 5.74) is 6.80. The highest BCUT2D eigenvalue weighted by Gasteiger charge is 2.23. The summed E-state index contributed by atoms with van der Waals surface area (Å²) in [7, 11) is 3.49. The van der Waals surface area contributed by atoms with Gasteiger partial charge in [-0.1, -0.05) is 37.1 Å². The Morgan fingerprint density at radius 3 is 2.29 bits per heavy atom. The second kappa shape index (κ2) is 14.6. The van der Waals surface area contributed by atoms with Crippen LogP contribution in [0.3, 0.4) is 0 Å². The highest BCUT2D eigenvalue weighted by atomic mass is 16.5. The smallest absolute Gasteiger partial charge is 0.120 e. The maximum atomic E-state index is 6.06. The van der Waals surface area contributed by atoms with E-state index >= 15 is 0 Å². The molecule has 5 nitrogen and oxygen atoms in total. The summed E-state index contributed by atoms with van der Waals surface area (Å²) in [6, 6.07) is 22.1. The first-order valence-electron chi connectivity index (χ1n) is 15.7. The Morgan fingerprint density at radius 2 is 1.54 bits per heavy atom. The lowest BCUT2D eigenvalue weighted by Crippen LogP contribution is -2.29. The number of methoxy groups -OCH3 is 2. The highest BCUT2D eigenvalue weighted by molar-refractivity contribution is 5.58.